The number of benzene rings is 3. The molecule has 0 aliphatic carbocycles. The zero-order valence-electron chi connectivity index (χ0n) is 23.0. The van der Waals surface area contributed by atoms with E-state index < -0.39 is 6.10 Å². The van der Waals surface area contributed by atoms with Gasteiger partial charge in [0.15, 0.2) is 0 Å². The van der Waals surface area contributed by atoms with Crippen molar-refractivity contribution in [1.29, 1.82) is 0 Å². The van der Waals surface area contributed by atoms with Crippen LogP contribution in [0, 0.1) is 11.3 Å². The molecule has 0 radical (unpaired) electrons. The lowest BCUT2D eigenvalue weighted by molar-refractivity contribution is 0.0341. The Morgan fingerprint density at radius 2 is 1.59 bits per heavy atom. The topological polar surface area (TPSA) is 70.4 Å². The SMILES string of the molecule is CC(C)(C)[C@H](c1nc(-c2ccccc2)cn1Cc1ccccc1)N(C[C@@H]1CNC[C@H]1O)C(=O)c1ccccc1. The predicted octanol–water partition coefficient (Wildman–Crippen LogP) is 5.41. The maximum atomic E-state index is 14.2. The van der Waals surface area contributed by atoms with Crippen molar-refractivity contribution in [3.05, 3.63) is 114 Å². The standard InChI is InChI=1S/C33H38N4O2/c1-33(2,3)30(37(22-27-19-34-20-29(27)38)32(39)26-17-11-6-12-18-26)31-35-28(25-15-9-5-10-16-25)23-36(31)21-24-13-7-4-8-14-24/h4-18,23,27,29-30,34,38H,19-22H2,1-3H3/t27-,29+,30-/m0/s1. The Hall–Kier alpha value is -3.74. The van der Waals surface area contributed by atoms with Crippen LogP contribution in [0.3, 0.4) is 0 Å². The molecule has 0 spiro atoms. The molecule has 2 N–H and O–H groups in total. The molecule has 3 aromatic carbocycles. The molecule has 1 amide bonds. The van der Waals surface area contributed by atoms with E-state index in [1.807, 2.05) is 71.6 Å². The Morgan fingerprint density at radius 3 is 2.18 bits per heavy atom. The van der Waals surface area contributed by atoms with Gasteiger partial charge in [0.1, 0.15) is 5.82 Å². The lowest BCUT2D eigenvalue weighted by Crippen LogP contribution is -2.46. The molecule has 1 aromatic heterocycles. The average molecular weight is 523 g/mol. The minimum atomic E-state index is -0.499. The number of hydrogen-bond acceptors (Lipinski definition) is 4. The summed E-state index contributed by atoms with van der Waals surface area (Å²) in [6.07, 6.45) is 1.61. The first-order valence-corrected chi connectivity index (χ1v) is 13.7. The van der Waals surface area contributed by atoms with Crippen LogP contribution in [0.4, 0.5) is 0 Å². The molecule has 0 saturated carbocycles. The van der Waals surface area contributed by atoms with Crippen LogP contribution in [-0.4, -0.2) is 51.2 Å². The number of carbonyl (C=O) groups excluding carboxylic acids is 1. The molecule has 4 aromatic rings. The van der Waals surface area contributed by atoms with Gasteiger partial charge in [-0.15, -0.1) is 0 Å². The van der Waals surface area contributed by atoms with Gasteiger partial charge in [-0.05, 0) is 23.1 Å². The average Bonchev–Trinajstić information content (AvgIpc) is 3.54. The van der Waals surface area contributed by atoms with Crippen molar-refractivity contribution in [1.82, 2.24) is 19.8 Å². The van der Waals surface area contributed by atoms with E-state index in [0.29, 0.717) is 31.7 Å². The zero-order valence-corrected chi connectivity index (χ0v) is 23.0. The van der Waals surface area contributed by atoms with Crippen LogP contribution >= 0.6 is 0 Å². The van der Waals surface area contributed by atoms with Crippen LogP contribution in [0.15, 0.2) is 97.2 Å². The Morgan fingerprint density at radius 1 is 0.974 bits per heavy atom. The fourth-order valence-corrected chi connectivity index (χ4v) is 5.51. The molecule has 0 bridgehead atoms. The first-order valence-electron chi connectivity index (χ1n) is 13.7. The number of aromatic nitrogens is 2. The molecule has 5 rings (SSSR count). The number of β-amino-alcohol motifs (C(OH)–C–C–N with tert-alkyl or cyclic N) is 1. The maximum Gasteiger partial charge on any atom is 0.254 e. The second-order valence-corrected chi connectivity index (χ2v) is 11.5. The molecule has 1 aliphatic rings. The second kappa shape index (κ2) is 11.6. The van der Waals surface area contributed by atoms with Crippen molar-refractivity contribution < 1.29 is 9.90 Å². The Kier molecular flexibility index (Phi) is 7.96. The van der Waals surface area contributed by atoms with E-state index in [0.717, 1.165) is 17.1 Å². The third-order valence-electron chi connectivity index (χ3n) is 7.47. The van der Waals surface area contributed by atoms with Gasteiger partial charge in [0.25, 0.3) is 5.91 Å². The number of carbonyl (C=O) groups is 1. The van der Waals surface area contributed by atoms with Crippen molar-refractivity contribution in [2.75, 3.05) is 19.6 Å². The van der Waals surface area contributed by atoms with E-state index in [9.17, 15) is 9.90 Å². The van der Waals surface area contributed by atoms with E-state index in [2.05, 4.69) is 61.1 Å². The molecule has 3 atom stereocenters. The molecule has 202 valence electrons. The normalized spacial score (nSPS) is 18.2. The Bertz CT molecular complexity index is 1360. The highest BCUT2D eigenvalue weighted by Crippen LogP contribution is 2.40. The molecule has 1 fully saturated rings. The van der Waals surface area contributed by atoms with Gasteiger partial charge in [-0.1, -0.05) is 99.6 Å². The molecular formula is C33H38N4O2. The lowest BCUT2D eigenvalue weighted by Gasteiger charge is -2.41. The predicted molar refractivity (Wildman–Crippen MR) is 155 cm³/mol. The van der Waals surface area contributed by atoms with Crippen LogP contribution in [0.2, 0.25) is 0 Å². The van der Waals surface area contributed by atoms with Crippen molar-refractivity contribution in [2.45, 2.75) is 39.5 Å². The lowest BCUT2D eigenvalue weighted by atomic mass is 9.83. The summed E-state index contributed by atoms with van der Waals surface area (Å²) in [6.45, 7) is 8.78. The highest BCUT2D eigenvalue weighted by molar-refractivity contribution is 5.94. The van der Waals surface area contributed by atoms with Gasteiger partial charge in [-0.3, -0.25) is 4.79 Å². The summed E-state index contributed by atoms with van der Waals surface area (Å²) in [5.74, 6) is 0.730. The van der Waals surface area contributed by atoms with Crippen molar-refractivity contribution in [3.63, 3.8) is 0 Å². The maximum absolute atomic E-state index is 14.2. The van der Waals surface area contributed by atoms with Gasteiger partial charge in [-0.2, -0.15) is 0 Å². The number of hydrogen-bond donors (Lipinski definition) is 2. The van der Waals surface area contributed by atoms with Gasteiger partial charge in [-0.25, -0.2) is 4.98 Å². The molecule has 39 heavy (non-hydrogen) atoms. The quantitative estimate of drug-likeness (QED) is 0.325. The molecular weight excluding hydrogens is 484 g/mol. The first-order chi connectivity index (χ1) is 18.8. The van der Waals surface area contributed by atoms with Crippen LogP contribution < -0.4 is 5.32 Å². The molecule has 2 heterocycles. The Labute approximate surface area is 231 Å². The minimum absolute atomic E-state index is 0.0508. The number of nitrogens with zero attached hydrogens (tertiary/aromatic N) is 3. The van der Waals surface area contributed by atoms with E-state index in [4.69, 9.17) is 4.98 Å². The van der Waals surface area contributed by atoms with Crippen LogP contribution in [0.1, 0.15) is 48.6 Å². The van der Waals surface area contributed by atoms with E-state index in [1.165, 1.54) is 5.56 Å². The van der Waals surface area contributed by atoms with Gasteiger partial charge in [0.2, 0.25) is 0 Å². The monoisotopic (exact) mass is 522 g/mol. The Balaban J connectivity index is 1.64. The second-order valence-electron chi connectivity index (χ2n) is 11.5. The van der Waals surface area contributed by atoms with Crippen LogP contribution in [0.5, 0.6) is 0 Å². The number of aliphatic hydroxyl groups is 1. The van der Waals surface area contributed by atoms with Gasteiger partial charge < -0.3 is 19.9 Å². The van der Waals surface area contributed by atoms with Crippen molar-refractivity contribution in [2.24, 2.45) is 11.3 Å². The van der Waals surface area contributed by atoms with Crippen LogP contribution in [-0.2, 0) is 6.54 Å². The molecule has 0 unspecified atom stereocenters. The van der Waals surface area contributed by atoms with Gasteiger partial charge in [0, 0.05) is 49.4 Å². The van der Waals surface area contributed by atoms with E-state index >= 15 is 0 Å². The number of amides is 1. The third-order valence-corrected chi connectivity index (χ3v) is 7.47. The zero-order chi connectivity index (χ0) is 27.4. The summed E-state index contributed by atoms with van der Waals surface area (Å²) >= 11 is 0. The summed E-state index contributed by atoms with van der Waals surface area (Å²) < 4.78 is 2.20. The number of imidazole rings is 1. The van der Waals surface area contributed by atoms with E-state index in [1.54, 1.807) is 0 Å². The van der Waals surface area contributed by atoms with Crippen LogP contribution in [0.25, 0.3) is 11.3 Å². The van der Waals surface area contributed by atoms with Gasteiger partial charge >= 0.3 is 0 Å². The smallest absolute Gasteiger partial charge is 0.254 e. The highest BCUT2D eigenvalue weighted by Gasteiger charge is 2.41. The third kappa shape index (κ3) is 6.13. The van der Waals surface area contributed by atoms with Gasteiger partial charge in [0.05, 0.1) is 17.8 Å². The summed E-state index contributed by atoms with van der Waals surface area (Å²) in [5, 5.41) is 14.0. The van der Waals surface area contributed by atoms with E-state index in [-0.39, 0.29) is 23.3 Å². The number of rotatable bonds is 8. The molecule has 1 aliphatic heterocycles. The highest BCUT2D eigenvalue weighted by atomic mass is 16.3. The fraction of sp³-hybridized carbons (Fsp3) is 0.333. The summed E-state index contributed by atoms with van der Waals surface area (Å²) in [6, 6.07) is 29.6. The van der Waals surface area contributed by atoms with Crippen molar-refractivity contribution >= 4 is 5.91 Å². The summed E-state index contributed by atoms with van der Waals surface area (Å²) in [5.41, 5.74) is 3.38. The first kappa shape index (κ1) is 26.9. The molecule has 6 nitrogen and oxygen atoms in total. The molecule has 1 saturated heterocycles. The minimum Gasteiger partial charge on any atom is -0.391 e. The summed E-state index contributed by atoms with van der Waals surface area (Å²) in [7, 11) is 0. The fourth-order valence-electron chi connectivity index (χ4n) is 5.51. The number of aliphatic hydroxyl groups excluding tert-OH is 1. The number of nitrogens with one attached hydrogen (secondary N) is 1. The largest absolute Gasteiger partial charge is 0.391 e. The summed E-state index contributed by atoms with van der Waals surface area (Å²) in [4.78, 5) is 21.4. The molecule has 6 heteroatoms. The van der Waals surface area contributed by atoms with Crippen molar-refractivity contribution in [3.8, 4) is 11.3 Å².